The van der Waals surface area contributed by atoms with Crippen molar-refractivity contribution in [3.05, 3.63) is 0 Å². The largest absolute Gasteiger partial charge is 3.00 e. The predicted octanol–water partition coefficient (Wildman–Crippen LogP) is -8.77. The van der Waals surface area contributed by atoms with Gasteiger partial charge in [0.25, 0.3) is 0 Å². The summed E-state index contributed by atoms with van der Waals surface area (Å²) in [5.74, 6) is -17.2. The van der Waals surface area contributed by atoms with Crippen LogP contribution in [0.5, 0.6) is 0 Å². The van der Waals surface area contributed by atoms with Crippen molar-refractivity contribution < 1.29 is 138 Å². The van der Waals surface area contributed by atoms with Gasteiger partial charge in [0.05, 0.1) is 32.1 Å². The average Bonchev–Trinajstić information content (AvgIpc) is 2.89. The fourth-order valence-electron chi connectivity index (χ4n) is 1.49. The van der Waals surface area contributed by atoms with Gasteiger partial charge < -0.3 is 54.3 Å². The molecule has 0 rings (SSSR count). The van der Waals surface area contributed by atoms with E-state index in [9.17, 15) is 97.5 Å². The van der Waals surface area contributed by atoms with Gasteiger partial charge in [-0.2, -0.15) is 0 Å². The molecule has 0 aromatic heterocycles. The molecule has 0 aromatic carbocycles. The average molecular weight is 837 g/mol. The van der Waals surface area contributed by atoms with E-state index >= 15 is 0 Å². The first-order valence-electron chi connectivity index (χ1n) is 11.7. The van der Waals surface area contributed by atoms with E-state index in [1.807, 2.05) is 6.79 Å². The first kappa shape index (κ1) is 62.6. The van der Waals surface area contributed by atoms with Crippen molar-refractivity contribution in [3.8, 4) is 0 Å². The summed E-state index contributed by atoms with van der Waals surface area (Å²) in [6.45, 7) is 7.70. The zero-order chi connectivity index (χ0) is 39.2. The first-order valence-corrected chi connectivity index (χ1v) is 11.7. The number of carbonyl (C=O) groups is 16. The van der Waals surface area contributed by atoms with Crippen molar-refractivity contribution in [3.63, 3.8) is 0 Å². The Morgan fingerprint density at radius 3 is 0.429 bits per heavy atom. The Kier molecular flexibility index (Phi) is 47.7. The van der Waals surface area contributed by atoms with E-state index in [1.165, 1.54) is 0 Å². The van der Waals surface area contributed by atoms with Crippen LogP contribution < -0.4 is 25.5 Å². The summed E-state index contributed by atoms with van der Waals surface area (Å²) in [6, 6.07) is 0. The Labute approximate surface area is 298 Å². The van der Waals surface area contributed by atoms with Gasteiger partial charge in [0.1, 0.15) is 65.6 Å². The van der Waals surface area contributed by atoms with Gasteiger partial charge in [-0.15, -0.1) is 0 Å². The second-order valence-corrected chi connectivity index (χ2v) is 7.95. The summed E-state index contributed by atoms with van der Waals surface area (Å²) in [4.78, 5) is 157. The minimum atomic E-state index is -1.80. The third kappa shape index (κ3) is 58.9. The standard InChI is InChI=1S/5C5H6O4.CH2O.Ni.Rh/c5*1-3(6)2-4(7)5(8)9;1-2;;/h5*2H2,1H3,(H,8,9);1H2;;/q;;;;;;+2;+3/p-5. The summed E-state index contributed by atoms with van der Waals surface area (Å²) in [7, 11) is 0. The molecule has 0 heterocycles. The van der Waals surface area contributed by atoms with Crippen LogP contribution in [0.2, 0.25) is 0 Å². The van der Waals surface area contributed by atoms with E-state index in [1.54, 1.807) is 0 Å². The van der Waals surface area contributed by atoms with Gasteiger partial charge in [-0.25, -0.2) is 0 Å². The maximum atomic E-state index is 10.1. The van der Waals surface area contributed by atoms with Crippen molar-refractivity contribution in [2.75, 3.05) is 0 Å². The third-order valence-corrected chi connectivity index (χ3v) is 3.19. The van der Waals surface area contributed by atoms with Gasteiger partial charge >= 0.3 is 36.0 Å². The van der Waals surface area contributed by atoms with Gasteiger partial charge in [-0.3, -0.25) is 47.9 Å². The normalized spacial score (nSPS) is 7.94. The van der Waals surface area contributed by atoms with Gasteiger partial charge in [-0.1, -0.05) is 0 Å². The molecule has 0 fully saturated rings. The maximum Gasteiger partial charge on any atom is 3.00 e. The van der Waals surface area contributed by atoms with Crippen LogP contribution in [0, 0.1) is 0 Å². The van der Waals surface area contributed by atoms with Crippen LogP contribution in [0.25, 0.3) is 0 Å². The Morgan fingerprint density at radius 2 is 0.408 bits per heavy atom. The van der Waals surface area contributed by atoms with Gasteiger partial charge in [-0.05, 0) is 34.6 Å². The number of carboxylic acid groups (broad SMARTS) is 5. The molecule has 0 aliphatic carbocycles. The SMILES string of the molecule is C=O.CC(=O)CC(=O)C(=O)[O-].CC(=O)CC(=O)C(=O)[O-].CC(=O)CC(=O)C(=O)[O-].CC(=O)CC(=O)C(=O)[O-].CC(=O)CC(=O)C(=O)[O-].[Ni+2].[Rh+3]. The number of aliphatic carboxylic acids is 5. The number of rotatable bonds is 15. The topological polar surface area (TPSA) is 388 Å². The quantitative estimate of drug-likeness (QED) is 0.0839. The van der Waals surface area contributed by atoms with E-state index in [2.05, 4.69) is 0 Å². The molecule has 0 saturated heterocycles. The molecule has 0 atom stereocenters. The van der Waals surface area contributed by atoms with E-state index in [4.69, 9.17) is 4.79 Å². The number of Topliss-reactive ketones (excluding diaryl/α,β-unsaturated/α-hetero) is 10. The van der Waals surface area contributed by atoms with Crippen LogP contribution >= 0.6 is 0 Å². The zero-order valence-corrected chi connectivity index (χ0v) is 28.6. The van der Waals surface area contributed by atoms with Gasteiger partial charge in [0.15, 0.2) is 28.9 Å². The Morgan fingerprint density at radius 1 is 0.327 bits per heavy atom. The molecular formula is C26H27NiO21Rh. The first-order chi connectivity index (χ1) is 21.2. The van der Waals surface area contributed by atoms with Crippen molar-refractivity contribution >= 4 is 94.5 Å². The second-order valence-electron chi connectivity index (χ2n) is 7.95. The molecule has 0 bridgehead atoms. The van der Waals surface area contributed by atoms with Crippen molar-refractivity contribution in [2.24, 2.45) is 0 Å². The Balaban J connectivity index is -0.0000000698. The molecule has 49 heavy (non-hydrogen) atoms. The molecule has 0 aliphatic heterocycles. The minimum Gasteiger partial charge on any atom is -0.542 e. The van der Waals surface area contributed by atoms with E-state index in [0.717, 1.165) is 34.6 Å². The molecule has 0 spiro atoms. The molecule has 0 saturated carbocycles. The predicted molar refractivity (Wildman–Crippen MR) is 134 cm³/mol. The van der Waals surface area contributed by atoms with Crippen LogP contribution in [0.15, 0.2) is 0 Å². The molecule has 0 unspecified atom stereocenters. The van der Waals surface area contributed by atoms with Crippen molar-refractivity contribution in [1.82, 2.24) is 0 Å². The number of ketones is 10. The van der Waals surface area contributed by atoms with Gasteiger partial charge in [0, 0.05) is 0 Å². The molecule has 0 aliphatic rings. The summed E-state index contributed by atoms with van der Waals surface area (Å²) >= 11 is 0. The summed E-state index contributed by atoms with van der Waals surface area (Å²) in [5, 5.41) is 48.1. The van der Waals surface area contributed by atoms with Crippen LogP contribution in [-0.4, -0.2) is 94.5 Å². The van der Waals surface area contributed by atoms with Crippen LogP contribution in [0.1, 0.15) is 66.7 Å². The second kappa shape index (κ2) is 37.3. The fraction of sp³-hybridized carbons (Fsp3) is 0.385. The zero-order valence-electron chi connectivity index (χ0n) is 26.0. The molecule has 23 heteroatoms. The molecular weight excluding hydrogens is 810 g/mol. The van der Waals surface area contributed by atoms with E-state index < -0.39 is 120 Å². The van der Waals surface area contributed by atoms with E-state index in [-0.39, 0.29) is 36.0 Å². The van der Waals surface area contributed by atoms with Crippen LogP contribution in [0.4, 0.5) is 0 Å². The molecule has 0 amide bonds. The molecule has 0 aromatic rings. The maximum absolute atomic E-state index is 10.1. The molecule has 0 radical (unpaired) electrons. The Hall–Kier alpha value is -5.16. The van der Waals surface area contributed by atoms with Crippen LogP contribution in [0.3, 0.4) is 0 Å². The molecule has 21 nitrogen and oxygen atoms in total. The monoisotopic (exact) mass is 836 g/mol. The van der Waals surface area contributed by atoms with Crippen molar-refractivity contribution in [1.29, 1.82) is 0 Å². The van der Waals surface area contributed by atoms with Crippen LogP contribution in [-0.2, 0) is 113 Å². The smallest absolute Gasteiger partial charge is 0.542 e. The summed E-state index contributed by atoms with van der Waals surface area (Å²) in [5.41, 5.74) is 0. The number of carbonyl (C=O) groups excluding carboxylic acids is 16. The molecule has 276 valence electrons. The summed E-state index contributed by atoms with van der Waals surface area (Å²) < 4.78 is 0. The van der Waals surface area contributed by atoms with E-state index in [0.29, 0.717) is 0 Å². The number of carboxylic acids is 5. The Bertz CT molecular complexity index is 1040. The van der Waals surface area contributed by atoms with Gasteiger partial charge in [0.2, 0.25) is 0 Å². The third-order valence-electron chi connectivity index (χ3n) is 3.19. The molecule has 0 N–H and O–H groups in total. The summed E-state index contributed by atoms with van der Waals surface area (Å²) in [6.07, 6.45) is -2.84. The minimum absolute atomic E-state index is 0. The van der Waals surface area contributed by atoms with Crippen molar-refractivity contribution in [2.45, 2.75) is 66.7 Å². The fourth-order valence-corrected chi connectivity index (χ4v) is 1.49. The number of hydrogen-bond donors (Lipinski definition) is 0. The number of hydrogen-bond acceptors (Lipinski definition) is 21.